The third kappa shape index (κ3) is 3.89. The molecule has 2 aliphatic rings. The first-order valence-electron chi connectivity index (χ1n) is 7.74. The van der Waals surface area contributed by atoms with Crippen LogP contribution in [0, 0.1) is 5.41 Å². The first kappa shape index (κ1) is 17.4. The van der Waals surface area contributed by atoms with Crippen LogP contribution in [-0.4, -0.2) is 42.8 Å². The fraction of sp³-hybridized carbons (Fsp3) is 0.625. The SMILES string of the molecule is Cl.O=C(CCC(=O)N1CCC2(CCNC2)CC1)c1cccs1. The molecule has 0 bridgehead atoms. The van der Waals surface area contributed by atoms with Gasteiger partial charge in [-0.25, -0.2) is 0 Å². The van der Waals surface area contributed by atoms with Crippen molar-refractivity contribution in [2.45, 2.75) is 32.1 Å². The van der Waals surface area contributed by atoms with Crippen molar-refractivity contribution in [3.8, 4) is 0 Å². The van der Waals surface area contributed by atoms with E-state index in [0.29, 0.717) is 18.3 Å². The number of Topliss-reactive ketones (excluding diaryl/α,β-unsaturated/α-hetero) is 1. The molecular formula is C16H23ClN2O2S. The maximum Gasteiger partial charge on any atom is 0.223 e. The molecule has 0 aliphatic carbocycles. The molecule has 1 spiro atoms. The number of thiophene rings is 1. The fourth-order valence-corrected chi connectivity index (χ4v) is 4.09. The Balaban J connectivity index is 0.00000176. The molecule has 3 heterocycles. The van der Waals surface area contributed by atoms with Crippen LogP contribution in [0.5, 0.6) is 0 Å². The van der Waals surface area contributed by atoms with E-state index in [1.54, 1.807) is 0 Å². The largest absolute Gasteiger partial charge is 0.343 e. The average molecular weight is 343 g/mol. The van der Waals surface area contributed by atoms with Gasteiger partial charge >= 0.3 is 0 Å². The Hall–Kier alpha value is -0.910. The van der Waals surface area contributed by atoms with Crippen LogP contribution in [0.15, 0.2) is 17.5 Å². The first-order chi connectivity index (χ1) is 10.2. The zero-order valence-corrected chi connectivity index (χ0v) is 14.3. The van der Waals surface area contributed by atoms with Gasteiger partial charge in [0.25, 0.3) is 0 Å². The van der Waals surface area contributed by atoms with E-state index in [1.807, 2.05) is 22.4 Å². The van der Waals surface area contributed by atoms with Gasteiger partial charge in [-0.1, -0.05) is 6.07 Å². The lowest BCUT2D eigenvalue weighted by atomic mass is 9.78. The molecule has 4 nitrogen and oxygen atoms in total. The third-order valence-electron chi connectivity index (χ3n) is 4.87. The number of nitrogens with one attached hydrogen (secondary N) is 1. The zero-order valence-electron chi connectivity index (χ0n) is 12.7. The number of hydrogen-bond acceptors (Lipinski definition) is 4. The van der Waals surface area contributed by atoms with E-state index in [4.69, 9.17) is 0 Å². The van der Waals surface area contributed by atoms with Gasteiger partial charge < -0.3 is 10.2 Å². The Morgan fingerprint density at radius 3 is 2.59 bits per heavy atom. The van der Waals surface area contributed by atoms with E-state index >= 15 is 0 Å². The molecule has 1 aromatic rings. The van der Waals surface area contributed by atoms with Gasteiger partial charge in [0.1, 0.15) is 0 Å². The van der Waals surface area contributed by atoms with Crippen molar-refractivity contribution in [1.29, 1.82) is 0 Å². The maximum atomic E-state index is 12.2. The van der Waals surface area contributed by atoms with Gasteiger partial charge in [-0.15, -0.1) is 23.7 Å². The van der Waals surface area contributed by atoms with Gasteiger partial charge in [0.05, 0.1) is 4.88 Å². The normalized spacial score (nSPS) is 19.9. The smallest absolute Gasteiger partial charge is 0.223 e. The Labute approximate surface area is 141 Å². The van der Waals surface area contributed by atoms with E-state index in [1.165, 1.54) is 17.8 Å². The monoisotopic (exact) mass is 342 g/mol. The van der Waals surface area contributed by atoms with Crippen LogP contribution in [-0.2, 0) is 4.79 Å². The number of halogens is 1. The van der Waals surface area contributed by atoms with Gasteiger partial charge in [0.15, 0.2) is 5.78 Å². The third-order valence-corrected chi connectivity index (χ3v) is 5.78. The van der Waals surface area contributed by atoms with Gasteiger partial charge in [-0.05, 0) is 42.7 Å². The minimum absolute atomic E-state index is 0. The predicted molar refractivity (Wildman–Crippen MR) is 90.9 cm³/mol. The van der Waals surface area contributed by atoms with E-state index in [0.717, 1.165) is 43.9 Å². The molecule has 0 radical (unpaired) electrons. The quantitative estimate of drug-likeness (QED) is 0.856. The number of carbonyl (C=O) groups is 2. The molecule has 0 unspecified atom stereocenters. The van der Waals surface area contributed by atoms with Crippen molar-refractivity contribution >= 4 is 35.4 Å². The lowest BCUT2D eigenvalue weighted by Gasteiger charge is -2.38. The average Bonchev–Trinajstić information content (AvgIpc) is 3.17. The Kier molecular flexibility index (Phi) is 6.01. The molecule has 2 saturated heterocycles. The number of carbonyl (C=O) groups excluding carboxylic acids is 2. The summed E-state index contributed by atoms with van der Waals surface area (Å²) in [5.41, 5.74) is 0.434. The summed E-state index contributed by atoms with van der Waals surface area (Å²) in [6.45, 7) is 3.93. The summed E-state index contributed by atoms with van der Waals surface area (Å²) in [7, 11) is 0. The molecule has 1 N–H and O–H groups in total. The highest BCUT2D eigenvalue weighted by Gasteiger charge is 2.37. The van der Waals surface area contributed by atoms with Crippen molar-refractivity contribution in [2.75, 3.05) is 26.2 Å². The van der Waals surface area contributed by atoms with Gasteiger partial charge in [0.2, 0.25) is 5.91 Å². The summed E-state index contributed by atoms with van der Waals surface area (Å²) in [5, 5.41) is 5.33. The number of likely N-dealkylation sites (tertiary alicyclic amines) is 1. The number of piperidine rings is 1. The van der Waals surface area contributed by atoms with Gasteiger partial charge in [0, 0.05) is 32.5 Å². The summed E-state index contributed by atoms with van der Waals surface area (Å²) < 4.78 is 0. The number of hydrogen-bond donors (Lipinski definition) is 1. The molecule has 122 valence electrons. The van der Waals surface area contributed by atoms with Crippen LogP contribution < -0.4 is 5.32 Å². The van der Waals surface area contributed by atoms with Crippen LogP contribution in [0.3, 0.4) is 0 Å². The lowest BCUT2D eigenvalue weighted by molar-refractivity contribution is -0.133. The van der Waals surface area contributed by atoms with Crippen LogP contribution in [0.25, 0.3) is 0 Å². The van der Waals surface area contributed by atoms with Crippen LogP contribution >= 0.6 is 23.7 Å². The molecule has 3 rings (SSSR count). The van der Waals surface area contributed by atoms with Crippen molar-refractivity contribution in [2.24, 2.45) is 5.41 Å². The van der Waals surface area contributed by atoms with E-state index in [-0.39, 0.29) is 24.1 Å². The first-order valence-corrected chi connectivity index (χ1v) is 8.62. The zero-order chi connectivity index (χ0) is 14.7. The van der Waals surface area contributed by atoms with Crippen molar-refractivity contribution in [3.63, 3.8) is 0 Å². The standard InChI is InChI=1S/C16H22N2O2S.ClH/c19-13(14-2-1-11-21-14)3-4-15(20)18-9-6-16(7-10-18)5-8-17-12-16;/h1-2,11,17H,3-10,12H2;1H. The number of rotatable bonds is 4. The van der Waals surface area contributed by atoms with E-state index in [2.05, 4.69) is 5.32 Å². The van der Waals surface area contributed by atoms with Crippen LogP contribution in [0.4, 0.5) is 0 Å². The molecule has 1 amide bonds. The molecule has 0 atom stereocenters. The summed E-state index contributed by atoms with van der Waals surface area (Å²) in [4.78, 5) is 26.9. The second kappa shape index (κ2) is 7.57. The lowest BCUT2D eigenvalue weighted by Crippen LogP contribution is -2.44. The number of ketones is 1. The van der Waals surface area contributed by atoms with Crippen molar-refractivity contribution in [3.05, 3.63) is 22.4 Å². The van der Waals surface area contributed by atoms with Crippen molar-refractivity contribution in [1.82, 2.24) is 10.2 Å². The Morgan fingerprint density at radius 2 is 2.00 bits per heavy atom. The molecule has 2 fully saturated rings. The topological polar surface area (TPSA) is 49.4 Å². The van der Waals surface area contributed by atoms with Gasteiger partial charge in [-0.3, -0.25) is 9.59 Å². The minimum atomic E-state index is 0. The highest BCUT2D eigenvalue weighted by molar-refractivity contribution is 7.12. The van der Waals surface area contributed by atoms with E-state index in [9.17, 15) is 9.59 Å². The summed E-state index contributed by atoms with van der Waals surface area (Å²) in [6.07, 6.45) is 4.13. The number of nitrogens with zero attached hydrogens (tertiary/aromatic N) is 1. The molecule has 0 saturated carbocycles. The Morgan fingerprint density at radius 1 is 1.23 bits per heavy atom. The van der Waals surface area contributed by atoms with E-state index < -0.39 is 0 Å². The fourth-order valence-electron chi connectivity index (χ4n) is 3.39. The molecule has 2 aliphatic heterocycles. The van der Waals surface area contributed by atoms with Crippen LogP contribution in [0.2, 0.25) is 0 Å². The van der Waals surface area contributed by atoms with Gasteiger partial charge in [-0.2, -0.15) is 0 Å². The number of amides is 1. The highest BCUT2D eigenvalue weighted by Crippen LogP contribution is 2.37. The minimum Gasteiger partial charge on any atom is -0.343 e. The molecular weight excluding hydrogens is 320 g/mol. The predicted octanol–water partition coefficient (Wildman–Crippen LogP) is 2.73. The summed E-state index contributed by atoms with van der Waals surface area (Å²) in [6, 6.07) is 3.70. The highest BCUT2D eigenvalue weighted by atomic mass is 35.5. The molecule has 6 heteroatoms. The van der Waals surface area contributed by atoms with Crippen molar-refractivity contribution < 1.29 is 9.59 Å². The molecule has 22 heavy (non-hydrogen) atoms. The van der Waals surface area contributed by atoms with Crippen LogP contribution in [0.1, 0.15) is 41.8 Å². The second-order valence-electron chi connectivity index (χ2n) is 6.21. The Bertz CT molecular complexity index is 502. The summed E-state index contributed by atoms with van der Waals surface area (Å²) in [5.74, 6) is 0.229. The molecule has 1 aromatic heterocycles. The summed E-state index contributed by atoms with van der Waals surface area (Å²) >= 11 is 1.45. The molecule has 0 aromatic carbocycles. The maximum absolute atomic E-state index is 12.2. The second-order valence-corrected chi connectivity index (χ2v) is 7.16.